The number of halogens is 2. The van der Waals surface area contributed by atoms with Crippen molar-refractivity contribution < 1.29 is 19.1 Å². The molecule has 0 aliphatic heterocycles. The maximum Gasteiger partial charge on any atom is 0.336 e. The summed E-state index contributed by atoms with van der Waals surface area (Å²) in [4.78, 5) is 29.4. The largest absolute Gasteiger partial charge is 0.478 e. The summed E-state index contributed by atoms with van der Waals surface area (Å²) in [5.41, 5.74) is 3.22. The summed E-state index contributed by atoms with van der Waals surface area (Å²) in [6.07, 6.45) is 3.32. The van der Waals surface area contributed by atoms with Gasteiger partial charge in [-0.05, 0) is 57.6 Å². The second kappa shape index (κ2) is 14.5. The molecule has 0 saturated heterocycles. The lowest BCUT2D eigenvalue weighted by Gasteiger charge is -2.16. The summed E-state index contributed by atoms with van der Waals surface area (Å²) in [5, 5.41) is 12.6. The first kappa shape index (κ1) is 30.5. The molecular weight excluding hydrogens is 605 g/mol. The quantitative estimate of drug-likeness (QED) is 0.142. The van der Waals surface area contributed by atoms with Gasteiger partial charge >= 0.3 is 5.97 Å². The molecule has 41 heavy (non-hydrogen) atoms. The van der Waals surface area contributed by atoms with E-state index in [1.54, 1.807) is 30.3 Å². The van der Waals surface area contributed by atoms with E-state index in [0.717, 1.165) is 24.2 Å². The molecule has 0 spiro atoms. The number of unbranched alkanes of at least 4 members (excludes halogenated alkanes) is 1. The minimum absolute atomic E-state index is 0.0825. The Morgan fingerprint density at radius 2 is 1.83 bits per heavy atom. The van der Waals surface area contributed by atoms with Gasteiger partial charge in [-0.2, -0.15) is 12.6 Å². The molecule has 0 saturated carbocycles. The topological polar surface area (TPSA) is 84.2 Å². The zero-order chi connectivity index (χ0) is 29.4. The first-order chi connectivity index (χ1) is 19.8. The number of amides is 1. The van der Waals surface area contributed by atoms with E-state index in [0.29, 0.717) is 45.6 Å². The van der Waals surface area contributed by atoms with Gasteiger partial charge in [0.1, 0.15) is 16.2 Å². The van der Waals surface area contributed by atoms with Gasteiger partial charge in [-0.15, -0.1) is 0 Å². The van der Waals surface area contributed by atoms with E-state index in [1.807, 2.05) is 34.9 Å². The van der Waals surface area contributed by atoms with Crippen molar-refractivity contribution in [2.24, 2.45) is 0 Å². The number of hydrogen-bond acceptors (Lipinski definition) is 4. The highest BCUT2D eigenvalue weighted by Gasteiger charge is 2.21. The van der Waals surface area contributed by atoms with Crippen LogP contribution in [-0.2, 0) is 30.6 Å². The minimum Gasteiger partial charge on any atom is -0.478 e. The number of benzene rings is 3. The molecule has 6 nitrogen and oxygen atoms in total. The Bertz CT molecular complexity index is 1510. The third-order valence-electron chi connectivity index (χ3n) is 6.89. The summed E-state index contributed by atoms with van der Waals surface area (Å²) in [6, 6.07) is 21.2. The molecule has 0 aliphatic rings. The molecule has 0 bridgehead atoms. The van der Waals surface area contributed by atoms with E-state index in [2.05, 4.69) is 40.8 Å². The molecule has 1 amide bonds. The van der Waals surface area contributed by atoms with Gasteiger partial charge in [-0.1, -0.05) is 74.0 Å². The number of aryl methyl sites for hydroxylation is 1. The van der Waals surface area contributed by atoms with Crippen LogP contribution in [0.3, 0.4) is 0 Å². The highest BCUT2D eigenvalue weighted by atomic mass is 79.9. The Morgan fingerprint density at radius 1 is 1.10 bits per heavy atom. The zero-order valence-electron chi connectivity index (χ0n) is 22.8. The Morgan fingerprint density at radius 3 is 2.51 bits per heavy atom. The molecule has 0 fully saturated rings. The number of carbonyl (C=O) groups is 2. The van der Waals surface area contributed by atoms with Crippen LogP contribution in [0.15, 0.2) is 77.4 Å². The van der Waals surface area contributed by atoms with Crippen LogP contribution in [0.5, 0.6) is 0 Å². The van der Waals surface area contributed by atoms with Crippen molar-refractivity contribution in [3.05, 3.63) is 111 Å². The molecule has 0 unspecified atom stereocenters. The fraction of sp³-hybridized carbons (Fsp3) is 0.281. The van der Waals surface area contributed by atoms with Gasteiger partial charge in [0.05, 0.1) is 24.2 Å². The van der Waals surface area contributed by atoms with Crippen LogP contribution in [0.4, 0.5) is 4.39 Å². The smallest absolute Gasteiger partial charge is 0.336 e. The predicted octanol–water partition coefficient (Wildman–Crippen LogP) is 6.74. The van der Waals surface area contributed by atoms with Gasteiger partial charge < -0.3 is 15.0 Å². The Balaban J connectivity index is 1.54. The number of aromatic nitrogens is 2. The number of aromatic carboxylic acids is 1. The van der Waals surface area contributed by atoms with Crippen LogP contribution in [0.25, 0.3) is 11.1 Å². The lowest BCUT2D eigenvalue weighted by molar-refractivity contribution is -0.121. The first-order valence-corrected chi connectivity index (χ1v) is 15.0. The fourth-order valence-corrected chi connectivity index (χ4v) is 5.53. The molecule has 4 aromatic rings. The van der Waals surface area contributed by atoms with Crippen LogP contribution < -0.4 is 5.32 Å². The van der Waals surface area contributed by atoms with Crippen molar-refractivity contribution in [2.45, 2.75) is 51.6 Å². The van der Waals surface area contributed by atoms with Crippen molar-refractivity contribution in [2.75, 3.05) is 5.75 Å². The molecule has 0 radical (unpaired) electrons. The number of hydrogen-bond donors (Lipinski definition) is 3. The number of carbonyl (C=O) groups excluding carboxylic acids is 1. The van der Waals surface area contributed by atoms with Crippen molar-refractivity contribution in [1.29, 1.82) is 0 Å². The molecule has 1 heterocycles. The van der Waals surface area contributed by atoms with Gasteiger partial charge in [0.15, 0.2) is 0 Å². The van der Waals surface area contributed by atoms with Gasteiger partial charge in [-0.3, -0.25) is 4.79 Å². The molecule has 214 valence electrons. The molecule has 0 aliphatic carbocycles. The third kappa shape index (κ3) is 7.86. The lowest BCUT2D eigenvalue weighted by atomic mass is 9.98. The predicted molar refractivity (Wildman–Crippen MR) is 166 cm³/mol. The second-order valence-corrected chi connectivity index (χ2v) is 11.0. The highest BCUT2D eigenvalue weighted by molar-refractivity contribution is 9.10. The first-order valence-electron chi connectivity index (χ1n) is 13.6. The molecule has 9 heteroatoms. The van der Waals surface area contributed by atoms with Gasteiger partial charge in [0.25, 0.3) is 0 Å². The number of carboxylic acids is 1. The van der Waals surface area contributed by atoms with E-state index in [9.17, 15) is 14.7 Å². The Labute approximate surface area is 253 Å². The molecule has 3 aromatic carbocycles. The van der Waals surface area contributed by atoms with E-state index in [4.69, 9.17) is 4.98 Å². The number of carboxylic acid groups (broad SMARTS) is 1. The summed E-state index contributed by atoms with van der Waals surface area (Å²) in [6.45, 7) is 2.31. The molecular formula is C32H33BrFN3O3S. The average Bonchev–Trinajstić information content (AvgIpc) is 3.26. The molecule has 1 aromatic heterocycles. The minimum atomic E-state index is -1.06. The van der Waals surface area contributed by atoms with E-state index in [-0.39, 0.29) is 30.5 Å². The van der Waals surface area contributed by atoms with E-state index >= 15 is 4.39 Å². The van der Waals surface area contributed by atoms with E-state index in [1.165, 1.54) is 12.1 Å². The fourth-order valence-electron chi connectivity index (χ4n) is 4.76. The molecule has 2 N–H and O–H groups in total. The maximum absolute atomic E-state index is 15.4. The summed E-state index contributed by atoms with van der Waals surface area (Å²) < 4.78 is 17.9. The second-order valence-electron chi connectivity index (χ2n) is 9.93. The standard InChI is InChI=1S/C32H33BrFN3O3S/c1-2-3-13-29-36-28(18-30(38)35-24(20-41)16-21-9-5-4-6-10-21)31(33)37(29)19-23-15-14-22(17-27(23)34)25-11-7-8-12-26(25)32(39)40/h4-12,14-15,17,24,41H,2-3,13,16,18-20H2,1H3,(H,35,38)(H,39,40)/t24-/m1/s1. The normalized spacial score (nSPS) is 11.8. The van der Waals surface area contributed by atoms with Crippen molar-refractivity contribution in [3.8, 4) is 11.1 Å². The SMILES string of the molecule is CCCCc1nc(CC(=O)N[C@@H](CS)Cc2ccccc2)c(Br)n1Cc1ccc(-c2ccccc2C(=O)O)cc1F. The van der Waals surface area contributed by atoms with Crippen molar-refractivity contribution in [3.63, 3.8) is 0 Å². The summed E-state index contributed by atoms with van der Waals surface area (Å²) in [5.74, 6) is -0.382. The third-order valence-corrected chi connectivity index (χ3v) is 8.22. The van der Waals surface area contributed by atoms with Crippen LogP contribution in [0.1, 0.15) is 52.8 Å². The number of nitrogens with one attached hydrogen (secondary N) is 1. The molecule has 4 rings (SSSR count). The van der Waals surface area contributed by atoms with Gasteiger partial charge in [0.2, 0.25) is 5.91 Å². The van der Waals surface area contributed by atoms with Crippen molar-refractivity contribution in [1.82, 2.24) is 14.9 Å². The number of nitrogens with zero attached hydrogens (tertiary/aromatic N) is 2. The van der Waals surface area contributed by atoms with E-state index < -0.39 is 11.8 Å². The van der Waals surface area contributed by atoms with Crippen molar-refractivity contribution >= 4 is 40.4 Å². The van der Waals surface area contributed by atoms with Gasteiger partial charge in [-0.25, -0.2) is 14.2 Å². The molecule has 1 atom stereocenters. The summed E-state index contributed by atoms with van der Waals surface area (Å²) >= 11 is 8.06. The average molecular weight is 639 g/mol. The van der Waals surface area contributed by atoms with Crippen LogP contribution in [0.2, 0.25) is 0 Å². The van der Waals surface area contributed by atoms with Crippen LogP contribution in [0, 0.1) is 5.82 Å². The lowest BCUT2D eigenvalue weighted by Crippen LogP contribution is -2.38. The summed E-state index contributed by atoms with van der Waals surface area (Å²) in [7, 11) is 0. The van der Waals surface area contributed by atoms with Gasteiger partial charge in [0, 0.05) is 23.8 Å². The number of thiol groups is 1. The Kier molecular flexibility index (Phi) is 10.8. The Hall–Kier alpha value is -3.43. The monoisotopic (exact) mass is 637 g/mol. The maximum atomic E-state index is 15.4. The highest BCUT2D eigenvalue weighted by Crippen LogP contribution is 2.28. The zero-order valence-corrected chi connectivity index (χ0v) is 25.3. The van der Waals surface area contributed by atoms with Crippen LogP contribution >= 0.6 is 28.6 Å². The number of rotatable bonds is 13. The number of imidazole rings is 1. The van der Waals surface area contributed by atoms with Crippen LogP contribution in [-0.4, -0.2) is 38.3 Å².